The largest absolute Gasteiger partial charge is 0.355 e. The molecule has 1 aliphatic heterocycles. The van der Waals surface area contributed by atoms with E-state index in [1.54, 1.807) is 4.90 Å². The van der Waals surface area contributed by atoms with Gasteiger partial charge in [-0.2, -0.15) is 4.98 Å². The molecular weight excluding hydrogens is 630 g/mol. The number of nitrogens with zero attached hydrogens (tertiary/aromatic N) is 6. The summed E-state index contributed by atoms with van der Waals surface area (Å²) in [4.78, 5) is 43.3. The Labute approximate surface area is 263 Å². The summed E-state index contributed by atoms with van der Waals surface area (Å²) in [5, 5.41) is 0.378. The van der Waals surface area contributed by atoms with Crippen molar-refractivity contribution in [3.8, 4) is 16.9 Å². The van der Waals surface area contributed by atoms with E-state index in [0.717, 1.165) is 10.8 Å². The van der Waals surface area contributed by atoms with Crippen LogP contribution < -0.4 is 10.6 Å². The number of piperazine rings is 1. The summed E-state index contributed by atoms with van der Waals surface area (Å²) >= 11 is 13.1. The van der Waals surface area contributed by atoms with Crippen molar-refractivity contribution < 1.29 is 17.6 Å². The summed E-state index contributed by atoms with van der Waals surface area (Å²) in [5.74, 6) is -0.980. The normalized spacial score (nSPS) is 15.7. The average molecular weight is 660 g/mol. The number of benzene rings is 1. The molecular formula is C30H29Cl2FN6O4S. The summed E-state index contributed by atoms with van der Waals surface area (Å²) < 4.78 is 42.3. The van der Waals surface area contributed by atoms with Gasteiger partial charge in [-0.3, -0.25) is 9.78 Å². The standard InChI is InChI=1S/C30H29Cl2FN6O4S/c1-6-23(40)37-12-13-38(17(4)15-37)28-18-14-20(32)26(24-19(31)8-7-9-21(24)33)35-29(18)39(30(41)36-28)27-22(44(5,42)43)10-11-34-25(27)16(2)3/h6-11,14,16-17H,1,12-13,15H2,2-5H3/t17-/m0/s1. The van der Waals surface area contributed by atoms with E-state index in [9.17, 15) is 18.0 Å². The van der Waals surface area contributed by atoms with Crippen molar-refractivity contribution in [1.29, 1.82) is 0 Å². The quantitative estimate of drug-likeness (QED) is 0.265. The predicted molar refractivity (Wildman–Crippen MR) is 169 cm³/mol. The van der Waals surface area contributed by atoms with Crippen molar-refractivity contribution in [3.63, 3.8) is 0 Å². The van der Waals surface area contributed by atoms with Gasteiger partial charge in [0.05, 0.1) is 43.0 Å². The Morgan fingerprint density at radius 3 is 2.50 bits per heavy atom. The van der Waals surface area contributed by atoms with Crippen molar-refractivity contribution >= 4 is 55.8 Å². The topological polar surface area (TPSA) is 118 Å². The van der Waals surface area contributed by atoms with Crippen LogP contribution in [0, 0.1) is 5.82 Å². The summed E-state index contributed by atoms with van der Waals surface area (Å²) in [6.45, 7) is 10.1. The average Bonchev–Trinajstić information content (AvgIpc) is 2.96. The zero-order chi connectivity index (χ0) is 32.1. The van der Waals surface area contributed by atoms with Crippen LogP contribution in [0.1, 0.15) is 32.4 Å². The lowest BCUT2D eigenvalue weighted by Gasteiger charge is -2.40. The summed E-state index contributed by atoms with van der Waals surface area (Å²) in [6.07, 6.45) is 3.64. The lowest BCUT2D eigenvalue weighted by atomic mass is 10.1. The second kappa shape index (κ2) is 11.9. The fourth-order valence-corrected chi connectivity index (χ4v) is 6.78. The first-order valence-electron chi connectivity index (χ1n) is 13.7. The minimum atomic E-state index is -3.88. The molecule has 1 aliphatic rings. The van der Waals surface area contributed by atoms with Gasteiger partial charge in [0.15, 0.2) is 15.5 Å². The maximum absolute atomic E-state index is 15.2. The smallest absolute Gasteiger partial charge is 0.350 e. The highest BCUT2D eigenvalue weighted by Crippen LogP contribution is 2.39. The molecule has 5 rings (SSSR count). The van der Waals surface area contributed by atoms with Crippen molar-refractivity contribution in [2.24, 2.45) is 0 Å². The molecule has 4 aromatic rings. The van der Waals surface area contributed by atoms with E-state index in [4.69, 9.17) is 28.2 Å². The fraction of sp³-hybridized carbons (Fsp3) is 0.300. The zero-order valence-electron chi connectivity index (χ0n) is 24.4. The highest BCUT2D eigenvalue weighted by molar-refractivity contribution is 7.90. The van der Waals surface area contributed by atoms with Crippen LogP contribution in [-0.2, 0) is 14.6 Å². The van der Waals surface area contributed by atoms with Crippen LogP contribution in [0.2, 0.25) is 10.0 Å². The van der Waals surface area contributed by atoms with E-state index in [1.165, 1.54) is 42.6 Å². The summed E-state index contributed by atoms with van der Waals surface area (Å²) in [5.41, 5.74) is -0.661. The molecule has 0 spiro atoms. The molecule has 230 valence electrons. The van der Waals surface area contributed by atoms with Gasteiger partial charge in [0.1, 0.15) is 11.6 Å². The number of carbonyl (C=O) groups is 1. The Morgan fingerprint density at radius 1 is 1.16 bits per heavy atom. The molecule has 0 bridgehead atoms. The molecule has 1 amide bonds. The maximum atomic E-state index is 15.2. The number of pyridine rings is 2. The molecule has 0 saturated carbocycles. The molecule has 4 heterocycles. The van der Waals surface area contributed by atoms with Crippen molar-refractivity contribution in [2.45, 2.75) is 37.6 Å². The van der Waals surface area contributed by atoms with Crippen LogP contribution in [0.3, 0.4) is 0 Å². The minimum absolute atomic E-state index is 0.00565. The Kier molecular flexibility index (Phi) is 8.54. The molecule has 1 fully saturated rings. The number of sulfone groups is 1. The van der Waals surface area contributed by atoms with E-state index >= 15 is 4.39 Å². The van der Waals surface area contributed by atoms with Gasteiger partial charge >= 0.3 is 5.69 Å². The Balaban J connectivity index is 1.90. The number of amides is 1. The lowest BCUT2D eigenvalue weighted by molar-refractivity contribution is -0.126. The predicted octanol–water partition coefficient (Wildman–Crippen LogP) is 5.04. The molecule has 0 N–H and O–H groups in total. The third-order valence-corrected chi connectivity index (χ3v) is 9.20. The number of fused-ring (bicyclic) bond motifs is 1. The first-order chi connectivity index (χ1) is 20.7. The van der Waals surface area contributed by atoms with Gasteiger partial charge < -0.3 is 9.80 Å². The highest BCUT2D eigenvalue weighted by atomic mass is 35.5. The Morgan fingerprint density at radius 2 is 1.89 bits per heavy atom. The fourth-order valence-electron chi connectivity index (χ4n) is 5.42. The van der Waals surface area contributed by atoms with E-state index in [1.807, 2.05) is 25.7 Å². The van der Waals surface area contributed by atoms with Gasteiger partial charge in [-0.25, -0.2) is 27.2 Å². The number of halogens is 3. The number of rotatable bonds is 6. The van der Waals surface area contributed by atoms with Crippen LogP contribution in [0.15, 0.2) is 58.9 Å². The van der Waals surface area contributed by atoms with Gasteiger partial charge in [-0.05, 0) is 43.2 Å². The molecule has 1 aromatic carbocycles. The number of aromatic nitrogens is 4. The van der Waals surface area contributed by atoms with Crippen LogP contribution in [0.5, 0.6) is 0 Å². The van der Waals surface area contributed by atoms with E-state index in [-0.39, 0.29) is 61.2 Å². The second-order valence-electron chi connectivity index (χ2n) is 10.8. The van der Waals surface area contributed by atoms with Crippen molar-refractivity contribution in [1.82, 2.24) is 24.4 Å². The Bertz CT molecular complexity index is 1980. The lowest BCUT2D eigenvalue weighted by Crippen LogP contribution is -2.54. The first kappa shape index (κ1) is 31.6. The molecule has 3 aromatic heterocycles. The highest BCUT2D eigenvalue weighted by Gasteiger charge is 2.32. The van der Waals surface area contributed by atoms with Gasteiger partial charge in [0.25, 0.3) is 0 Å². The van der Waals surface area contributed by atoms with Gasteiger partial charge in [-0.15, -0.1) is 0 Å². The van der Waals surface area contributed by atoms with Crippen LogP contribution in [-0.4, -0.2) is 70.7 Å². The van der Waals surface area contributed by atoms with Gasteiger partial charge in [0.2, 0.25) is 5.91 Å². The molecule has 0 radical (unpaired) electrons. The molecule has 14 heteroatoms. The molecule has 0 aliphatic carbocycles. The molecule has 0 unspecified atom stereocenters. The molecule has 1 saturated heterocycles. The Hall–Kier alpha value is -3.87. The summed E-state index contributed by atoms with van der Waals surface area (Å²) in [7, 11) is -3.88. The first-order valence-corrected chi connectivity index (χ1v) is 16.3. The monoisotopic (exact) mass is 658 g/mol. The number of hydrogen-bond acceptors (Lipinski definition) is 8. The van der Waals surface area contributed by atoms with Crippen molar-refractivity contribution in [2.75, 3.05) is 30.8 Å². The van der Waals surface area contributed by atoms with Crippen LogP contribution in [0.25, 0.3) is 28.0 Å². The number of anilines is 1. The van der Waals surface area contributed by atoms with Crippen molar-refractivity contribution in [3.05, 3.63) is 81.2 Å². The zero-order valence-corrected chi connectivity index (χ0v) is 26.7. The van der Waals surface area contributed by atoms with Crippen LogP contribution in [0.4, 0.5) is 10.2 Å². The maximum Gasteiger partial charge on any atom is 0.355 e. The third kappa shape index (κ3) is 5.57. The summed E-state index contributed by atoms with van der Waals surface area (Å²) in [6, 6.07) is 6.67. The molecule has 10 nitrogen and oxygen atoms in total. The minimum Gasteiger partial charge on any atom is -0.350 e. The molecule has 44 heavy (non-hydrogen) atoms. The number of carbonyl (C=O) groups excluding carboxylic acids is 1. The second-order valence-corrected chi connectivity index (χ2v) is 13.6. The van der Waals surface area contributed by atoms with E-state index in [2.05, 4.69) is 16.5 Å². The third-order valence-electron chi connectivity index (χ3n) is 7.47. The number of hydrogen-bond donors (Lipinski definition) is 0. The molecule has 1 atom stereocenters. The van der Waals surface area contributed by atoms with E-state index in [0.29, 0.717) is 30.7 Å². The SMILES string of the molecule is C=CC(=O)N1CCN(c2nc(=O)n(-c3c(S(C)(=O)=O)ccnc3C(C)C)c3nc(-c4c(F)cccc4Cl)c(Cl)cc23)[C@@H](C)C1. The van der Waals surface area contributed by atoms with E-state index < -0.39 is 21.3 Å². The van der Waals surface area contributed by atoms with Gasteiger partial charge in [-0.1, -0.05) is 49.7 Å². The van der Waals surface area contributed by atoms with Gasteiger partial charge in [0, 0.05) is 38.1 Å². The van der Waals surface area contributed by atoms with Crippen LogP contribution >= 0.6 is 23.2 Å².